The molecule has 0 bridgehead atoms. The average molecular weight is 172 g/mol. The summed E-state index contributed by atoms with van der Waals surface area (Å²) in [5.74, 6) is 0. The van der Waals surface area contributed by atoms with E-state index in [-0.39, 0.29) is 11.3 Å². The summed E-state index contributed by atoms with van der Waals surface area (Å²) in [6, 6.07) is 0. The van der Waals surface area contributed by atoms with Crippen molar-refractivity contribution < 1.29 is 9.84 Å². The largest absolute Gasteiger partial charge is 0.390 e. The van der Waals surface area contributed by atoms with Crippen molar-refractivity contribution in [2.24, 2.45) is 0 Å². The molecule has 2 fully saturated rings. The molecule has 1 saturated heterocycles. The highest BCUT2D eigenvalue weighted by molar-refractivity contribution is 6.80. The van der Waals surface area contributed by atoms with Crippen molar-refractivity contribution in [3.05, 3.63) is 0 Å². The Morgan fingerprint density at radius 1 is 1.36 bits per heavy atom. The Hall–Kier alpha value is 0.137. The molecule has 2 nitrogen and oxygen atoms in total. The van der Waals surface area contributed by atoms with Gasteiger partial charge in [0.05, 0.1) is 20.3 Å². The highest BCUT2D eigenvalue weighted by atomic mass is 28.3. The molecule has 3 heteroatoms. The number of hydrogen-bond acceptors (Lipinski definition) is 2. The third-order valence-electron chi connectivity index (χ3n) is 3.13. The number of ether oxygens (including phenoxy) is 1. The van der Waals surface area contributed by atoms with Gasteiger partial charge in [0, 0.05) is 0 Å². The van der Waals surface area contributed by atoms with E-state index < -0.39 is 8.07 Å². The monoisotopic (exact) mass is 172 g/mol. The van der Waals surface area contributed by atoms with E-state index in [1.807, 2.05) is 0 Å². The molecule has 0 unspecified atom stereocenters. The molecule has 0 aromatic heterocycles. The molecule has 64 valence electrons. The second kappa shape index (κ2) is 1.89. The number of aliphatic hydroxyl groups excluding tert-OH is 1. The SMILES string of the molecule is C[Si](C)(C)[C@]12O[C@H]1CC[C@H]2O. The smallest absolute Gasteiger partial charge is 0.109 e. The molecule has 11 heavy (non-hydrogen) atoms. The molecule has 0 aromatic carbocycles. The van der Waals surface area contributed by atoms with Crippen molar-refractivity contribution in [2.45, 2.75) is 49.9 Å². The van der Waals surface area contributed by atoms with Crippen LogP contribution >= 0.6 is 0 Å². The highest BCUT2D eigenvalue weighted by Gasteiger charge is 2.70. The van der Waals surface area contributed by atoms with Crippen LogP contribution in [0.4, 0.5) is 0 Å². The van der Waals surface area contributed by atoms with E-state index >= 15 is 0 Å². The summed E-state index contributed by atoms with van der Waals surface area (Å²) in [6.45, 7) is 6.84. The van der Waals surface area contributed by atoms with Gasteiger partial charge in [-0.05, 0) is 12.8 Å². The number of hydrogen-bond donors (Lipinski definition) is 1. The molecule has 3 atom stereocenters. The van der Waals surface area contributed by atoms with Crippen LogP contribution in [0, 0.1) is 0 Å². The van der Waals surface area contributed by atoms with Crippen LogP contribution in [0.5, 0.6) is 0 Å². The summed E-state index contributed by atoms with van der Waals surface area (Å²) in [5, 5.41) is 9.69. The first-order valence-electron chi connectivity index (χ1n) is 4.34. The fraction of sp³-hybridized carbons (Fsp3) is 1.00. The Morgan fingerprint density at radius 3 is 2.18 bits per heavy atom. The molecule has 1 heterocycles. The molecular weight excluding hydrogens is 156 g/mol. The maximum atomic E-state index is 9.74. The molecule has 0 amide bonds. The van der Waals surface area contributed by atoms with Gasteiger partial charge in [-0.3, -0.25) is 0 Å². The zero-order valence-electron chi connectivity index (χ0n) is 7.42. The first-order valence-corrected chi connectivity index (χ1v) is 7.84. The Morgan fingerprint density at radius 2 is 2.00 bits per heavy atom. The van der Waals surface area contributed by atoms with Crippen molar-refractivity contribution in [2.75, 3.05) is 0 Å². The predicted molar refractivity (Wildman–Crippen MR) is 46.2 cm³/mol. The van der Waals surface area contributed by atoms with Gasteiger partial charge in [-0.1, -0.05) is 19.6 Å². The van der Waals surface area contributed by atoms with Crippen molar-refractivity contribution in [1.29, 1.82) is 0 Å². The van der Waals surface area contributed by atoms with Crippen LogP contribution in [0.25, 0.3) is 0 Å². The average Bonchev–Trinajstić information content (AvgIpc) is 2.50. The highest BCUT2D eigenvalue weighted by Crippen LogP contribution is 2.55. The summed E-state index contributed by atoms with van der Waals surface area (Å²) in [7, 11) is -1.31. The topological polar surface area (TPSA) is 32.8 Å². The fourth-order valence-electron chi connectivity index (χ4n) is 2.45. The van der Waals surface area contributed by atoms with E-state index in [9.17, 15) is 5.11 Å². The molecule has 0 radical (unpaired) electrons. The van der Waals surface area contributed by atoms with Gasteiger partial charge in [0.25, 0.3) is 0 Å². The molecule has 2 aliphatic rings. The quantitative estimate of drug-likeness (QED) is 0.475. The second-order valence-electron chi connectivity index (χ2n) is 4.74. The lowest BCUT2D eigenvalue weighted by Gasteiger charge is -2.27. The van der Waals surface area contributed by atoms with E-state index in [2.05, 4.69) is 19.6 Å². The van der Waals surface area contributed by atoms with Gasteiger partial charge in [-0.2, -0.15) is 0 Å². The standard InChI is InChI=1S/C8H16O2Si/c1-11(2,3)8-6(9)4-5-7(8)10-8/h6-7,9H,4-5H2,1-3H3/t6-,7+,8+/m1/s1. The maximum absolute atomic E-state index is 9.74. The van der Waals surface area contributed by atoms with Crippen molar-refractivity contribution in [3.8, 4) is 0 Å². The van der Waals surface area contributed by atoms with Crippen LogP contribution in [0.1, 0.15) is 12.8 Å². The minimum absolute atomic E-state index is 0.0486. The first kappa shape index (κ1) is 7.77. The van der Waals surface area contributed by atoms with Crippen LogP contribution in [-0.4, -0.2) is 30.6 Å². The lowest BCUT2D eigenvalue weighted by Crippen LogP contribution is -2.49. The van der Waals surface area contributed by atoms with E-state index in [0.29, 0.717) is 6.10 Å². The van der Waals surface area contributed by atoms with Crippen molar-refractivity contribution in [3.63, 3.8) is 0 Å². The molecular formula is C8H16O2Si. The van der Waals surface area contributed by atoms with E-state index in [1.165, 1.54) is 0 Å². The first-order chi connectivity index (χ1) is 4.98. The van der Waals surface area contributed by atoms with Crippen LogP contribution < -0.4 is 0 Å². The normalized spacial score (nSPS) is 49.1. The molecule has 0 spiro atoms. The van der Waals surface area contributed by atoms with Crippen molar-refractivity contribution in [1.82, 2.24) is 0 Å². The molecule has 2 rings (SSSR count). The van der Waals surface area contributed by atoms with Crippen LogP contribution in [-0.2, 0) is 4.74 Å². The summed E-state index contributed by atoms with van der Waals surface area (Å²) >= 11 is 0. The second-order valence-corrected chi connectivity index (χ2v) is 10.0. The molecule has 1 aliphatic heterocycles. The van der Waals surface area contributed by atoms with Gasteiger partial charge in [0.2, 0.25) is 0 Å². The minimum atomic E-state index is -1.31. The summed E-state index contributed by atoms with van der Waals surface area (Å²) in [5.41, 5.74) is 0. The van der Waals surface area contributed by atoms with Crippen LogP contribution in [0.2, 0.25) is 19.6 Å². The number of fused-ring (bicyclic) bond motifs is 1. The summed E-state index contributed by atoms with van der Waals surface area (Å²) in [6.07, 6.45) is 2.27. The van der Waals surface area contributed by atoms with Crippen LogP contribution in [0.15, 0.2) is 0 Å². The van der Waals surface area contributed by atoms with Gasteiger partial charge in [-0.25, -0.2) is 0 Å². The van der Waals surface area contributed by atoms with Crippen molar-refractivity contribution >= 4 is 8.07 Å². The fourth-order valence-corrected chi connectivity index (χ4v) is 5.20. The van der Waals surface area contributed by atoms with E-state index in [1.54, 1.807) is 0 Å². The number of aliphatic hydroxyl groups is 1. The van der Waals surface area contributed by atoms with Gasteiger partial charge in [0.1, 0.15) is 5.22 Å². The van der Waals surface area contributed by atoms with Gasteiger partial charge in [-0.15, -0.1) is 0 Å². The van der Waals surface area contributed by atoms with Gasteiger partial charge >= 0.3 is 0 Å². The predicted octanol–water partition coefficient (Wildman–Crippen LogP) is 1.16. The Kier molecular flexibility index (Phi) is 1.34. The molecule has 0 aromatic rings. The van der Waals surface area contributed by atoms with E-state index in [4.69, 9.17) is 4.74 Å². The maximum Gasteiger partial charge on any atom is 0.109 e. The lowest BCUT2D eigenvalue weighted by atomic mass is 10.3. The lowest BCUT2D eigenvalue weighted by molar-refractivity contribution is 0.0974. The zero-order valence-corrected chi connectivity index (χ0v) is 8.42. The number of rotatable bonds is 1. The third kappa shape index (κ3) is 0.791. The Balaban J connectivity index is 2.25. The Labute approximate surface area is 68.6 Å². The molecule has 1 saturated carbocycles. The van der Waals surface area contributed by atoms with Gasteiger partial charge in [0.15, 0.2) is 0 Å². The summed E-state index contributed by atoms with van der Waals surface area (Å²) in [4.78, 5) is 0. The minimum Gasteiger partial charge on any atom is -0.390 e. The summed E-state index contributed by atoms with van der Waals surface area (Å²) < 4.78 is 5.63. The van der Waals surface area contributed by atoms with Crippen LogP contribution in [0.3, 0.4) is 0 Å². The van der Waals surface area contributed by atoms with Gasteiger partial charge < -0.3 is 9.84 Å². The van der Waals surface area contributed by atoms with E-state index in [0.717, 1.165) is 12.8 Å². The molecule has 1 N–H and O–H groups in total. The number of epoxide rings is 1. The zero-order chi connectivity index (χ0) is 8.28. The molecule has 1 aliphatic carbocycles. The Bertz CT molecular complexity index is 187. The third-order valence-corrected chi connectivity index (χ3v) is 6.25.